The molecule has 2 nitrogen and oxygen atoms in total. The molecule has 5 fully saturated rings. The van der Waals surface area contributed by atoms with Gasteiger partial charge in [-0.25, -0.2) is 0 Å². The van der Waals surface area contributed by atoms with Crippen LogP contribution in [0.15, 0.2) is 0 Å². The van der Waals surface area contributed by atoms with Gasteiger partial charge >= 0.3 is 0 Å². The molecular formula is C17H30N2. The molecule has 108 valence electrons. The van der Waals surface area contributed by atoms with E-state index in [1.54, 1.807) is 32.1 Å². The van der Waals surface area contributed by atoms with Crippen molar-refractivity contribution in [1.29, 1.82) is 0 Å². The van der Waals surface area contributed by atoms with Gasteiger partial charge in [-0.1, -0.05) is 0 Å². The highest BCUT2D eigenvalue weighted by atomic mass is 15.1. The topological polar surface area (TPSA) is 15.3 Å². The summed E-state index contributed by atoms with van der Waals surface area (Å²) in [5, 5.41) is 3.94. The minimum Gasteiger partial charge on any atom is -0.312 e. The summed E-state index contributed by atoms with van der Waals surface area (Å²) in [5.41, 5.74) is 0. The third-order valence-electron chi connectivity index (χ3n) is 6.65. The lowest BCUT2D eigenvalue weighted by molar-refractivity contribution is -0.0561. The zero-order chi connectivity index (χ0) is 12.8. The molecule has 0 aromatic carbocycles. The zero-order valence-electron chi connectivity index (χ0n) is 12.5. The Morgan fingerprint density at radius 2 is 1.58 bits per heavy atom. The summed E-state index contributed by atoms with van der Waals surface area (Å²) >= 11 is 0. The minimum atomic E-state index is 0.792. The number of hydrogen-bond donors (Lipinski definition) is 1. The molecule has 4 saturated carbocycles. The first-order chi connectivity index (χ1) is 9.29. The van der Waals surface area contributed by atoms with Gasteiger partial charge < -0.3 is 10.2 Å². The van der Waals surface area contributed by atoms with Crippen LogP contribution >= 0.6 is 0 Å². The molecule has 4 bridgehead atoms. The van der Waals surface area contributed by atoms with Crippen molar-refractivity contribution in [3.05, 3.63) is 0 Å². The van der Waals surface area contributed by atoms with E-state index in [9.17, 15) is 0 Å². The third kappa shape index (κ3) is 2.35. The summed E-state index contributed by atoms with van der Waals surface area (Å²) in [6.45, 7) is 3.87. The van der Waals surface area contributed by atoms with Crippen LogP contribution in [0.5, 0.6) is 0 Å². The molecule has 1 saturated heterocycles. The predicted molar refractivity (Wildman–Crippen MR) is 79.1 cm³/mol. The van der Waals surface area contributed by atoms with E-state index in [1.807, 2.05) is 0 Å². The Morgan fingerprint density at radius 3 is 2.26 bits per heavy atom. The maximum Gasteiger partial charge on any atom is 0.0228 e. The molecule has 4 aliphatic carbocycles. The zero-order valence-corrected chi connectivity index (χ0v) is 12.5. The average Bonchev–Trinajstić information content (AvgIpc) is 2.33. The SMILES string of the molecule is CN1CCCCNC(C2C3CC4CC(C3)CC2C4)C1. The number of nitrogens with zero attached hydrogens (tertiary/aromatic N) is 1. The third-order valence-corrected chi connectivity index (χ3v) is 6.65. The van der Waals surface area contributed by atoms with E-state index in [0.29, 0.717) is 0 Å². The number of rotatable bonds is 1. The normalized spacial score (nSPS) is 51.0. The maximum atomic E-state index is 3.94. The number of nitrogens with one attached hydrogen (secondary N) is 1. The van der Waals surface area contributed by atoms with Crippen LogP contribution in [0.3, 0.4) is 0 Å². The van der Waals surface area contributed by atoms with Crippen molar-refractivity contribution < 1.29 is 0 Å². The highest BCUT2D eigenvalue weighted by Crippen LogP contribution is 2.57. The van der Waals surface area contributed by atoms with Crippen LogP contribution in [0, 0.1) is 29.6 Å². The van der Waals surface area contributed by atoms with Gasteiger partial charge in [0.25, 0.3) is 0 Å². The summed E-state index contributed by atoms with van der Waals surface area (Å²) in [5.74, 6) is 5.38. The second kappa shape index (κ2) is 5.04. The fraction of sp³-hybridized carbons (Fsp3) is 1.00. The van der Waals surface area contributed by atoms with E-state index in [1.165, 1.54) is 32.5 Å². The van der Waals surface area contributed by atoms with E-state index in [0.717, 1.165) is 35.6 Å². The van der Waals surface area contributed by atoms with Gasteiger partial charge in [0.15, 0.2) is 0 Å². The fourth-order valence-corrected chi connectivity index (χ4v) is 6.17. The molecule has 1 atom stereocenters. The van der Waals surface area contributed by atoms with Crippen molar-refractivity contribution in [3.63, 3.8) is 0 Å². The molecule has 5 rings (SSSR count). The number of hydrogen-bond acceptors (Lipinski definition) is 2. The van der Waals surface area contributed by atoms with Crippen molar-refractivity contribution in [3.8, 4) is 0 Å². The molecule has 0 aromatic rings. The number of likely N-dealkylation sites (N-methyl/N-ethyl adjacent to an activating group) is 1. The summed E-state index contributed by atoms with van der Waals surface area (Å²) in [7, 11) is 2.33. The van der Waals surface area contributed by atoms with Crippen LogP contribution in [0.2, 0.25) is 0 Å². The molecule has 0 spiro atoms. The van der Waals surface area contributed by atoms with Crippen molar-refractivity contribution in [2.45, 2.75) is 51.0 Å². The molecule has 5 aliphatic rings. The molecule has 1 heterocycles. The quantitative estimate of drug-likeness (QED) is 0.782. The largest absolute Gasteiger partial charge is 0.312 e. The smallest absolute Gasteiger partial charge is 0.0228 e. The van der Waals surface area contributed by atoms with E-state index >= 15 is 0 Å². The Morgan fingerprint density at radius 1 is 0.895 bits per heavy atom. The van der Waals surface area contributed by atoms with Crippen LogP contribution < -0.4 is 5.32 Å². The minimum absolute atomic E-state index is 0.792. The van der Waals surface area contributed by atoms with Crippen molar-refractivity contribution >= 4 is 0 Å². The van der Waals surface area contributed by atoms with Gasteiger partial charge in [0, 0.05) is 12.6 Å². The molecule has 19 heavy (non-hydrogen) atoms. The lowest BCUT2D eigenvalue weighted by Gasteiger charge is -2.57. The van der Waals surface area contributed by atoms with Crippen LogP contribution in [0.1, 0.15) is 44.9 Å². The second-order valence-electron chi connectivity index (χ2n) is 8.04. The van der Waals surface area contributed by atoms with Gasteiger partial charge in [0.2, 0.25) is 0 Å². The van der Waals surface area contributed by atoms with Gasteiger partial charge in [0.05, 0.1) is 0 Å². The van der Waals surface area contributed by atoms with E-state index in [2.05, 4.69) is 17.3 Å². The molecule has 0 aromatic heterocycles. The monoisotopic (exact) mass is 262 g/mol. The second-order valence-corrected chi connectivity index (χ2v) is 8.04. The van der Waals surface area contributed by atoms with Gasteiger partial charge in [-0.3, -0.25) is 0 Å². The van der Waals surface area contributed by atoms with Crippen LogP contribution in [-0.4, -0.2) is 37.6 Å². The average molecular weight is 262 g/mol. The Kier molecular flexibility index (Phi) is 3.35. The van der Waals surface area contributed by atoms with Gasteiger partial charge in [0.1, 0.15) is 0 Å². The van der Waals surface area contributed by atoms with Crippen LogP contribution in [-0.2, 0) is 0 Å². The summed E-state index contributed by atoms with van der Waals surface area (Å²) in [6, 6.07) is 0.792. The first-order valence-corrected chi connectivity index (χ1v) is 8.71. The van der Waals surface area contributed by atoms with Crippen molar-refractivity contribution in [1.82, 2.24) is 10.2 Å². The van der Waals surface area contributed by atoms with E-state index in [4.69, 9.17) is 0 Å². The Bertz CT molecular complexity index is 299. The molecule has 2 heteroatoms. The molecule has 0 radical (unpaired) electrons. The lowest BCUT2D eigenvalue weighted by Crippen LogP contribution is -2.56. The molecule has 1 aliphatic heterocycles. The first-order valence-electron chi connectivity index (χ1n) is 8.71. The Hall–Kier alpha value is -0.0800. The molecular weight excluding hydrogens is 232 g/mol. The first kappa shape index (κ1) is 12.6. The highest BCUT2D eigenvalue weighted by Gasteiger charge is 2.50. The summed E-state index contributed by atoms with van der Waals surface area (Å²) < 4.78 is 0. The lowest BCUT2D eigenvalue weighted by atomic mass is 9.50. The Balaban J connectivity index is 1.50. The van der Waals surface area contributed by atoms with E-state index < -0.39 is 0 Å². The predicted octanol–water partition coefficient (Wildman–Crippen LogP) is 2.74. The summed E-state index contributed by atoms with van der Waals surface area (Å²) in [6.07, 6.45) is 10.6. The molecule has 1 unspecified atom stereocenters. The molecule has 0 amide bonds. The van der Waals surface area contributed by atoms with Crippen LogP contribution in [0.4, 0.5) is 0 Å². The Labute approximate surface area is 118 Å². The van der Waals surface area contributed by atoms with Gasteiger partial charge in [-0.05, 0) is 94.7 Å². The van der Waals surface area contributed by atoms with Gasteiger partial charge in [-0.15, -0.1) is 0 Å². The molecule has 1 N–H and O–H groups in total. The van der Waals surface area contributed by atoms with Crippen molar-refractivity contribution in [2.75, 3.05) is 26.7 Å². The van der Waals surface area contributed by atoms with E-state index in [-0.39, 0.29) is 0 Å². The highest BCUT2D eigenvalue weighted by molar-refractivity contribution is 5.02. The van der Waals surface area contributed by atoms with Crippen molar-refractivity contribution in [2.24, 2.45) is 29.6 Å². The van der Waals surface area contributed by atoms with Gasteiger partial charge in [-0.2, -0.15) is 0 Å². The van der Waals surface area contributed by atoms with Crippen LogP contribution in [0.25, 0.3) is 0 Å². The maximum absolute atomic E-state index is 3.94. The standard InChI is InChI=1S/C17H30N2/c1-19-5-3-2-4-18-16(11-19)17-14-7-12-6-13(9-14)10-15(17)8-12/h12-18H,2-11H2,1H3. The fourth-order valence-electron chi connectivity index (χ4n) is 6.17. The summed E-state index contributed by atoms with van der Waals surface area (Å²) in [4.78, 5) is 2.59.